The summed E-state index contributed by atoms with van der Waals surface area (Å²) in [5.41, 5.74) is -9.35. The maximum Gasteiger partial charge on any atom is 0.311 e. The van der Waals surface area contributed by atoms with Crippen LogP contribution in [0.15, 0.2) is 10.3 Å². The summed E-state index contributed by atoms with van der Waals surface area (Å²) in [7, 11) is 10.4. The van der Waals surface area contributed by atoms with Crippen LogP contribution in [0.3, 0.4) is 0 Å². The van der Waals surface area contributed by atoms with E-state index in [2.05, 4.69) is 10.3 Å². The van der Waals surface area contributed by atoms with Gasteiger partial charge in [0.25, 0.3) is 0 Å². The topological polar surface area (TPSA) is 419 Å². The van der Waals surface area contributed by atoms with Crippen LogP contribution in [0.5, 0.6) is 0 Å². The Kier molecular flexibility index (Phi) is 32.5. The van der Waals surface area contributed by atoms with E-state index < -0.39 is 204 Å². The van der Waals surface area contributed by atoms with Crippen molar-refractivity contribution in [1.29, 1.82) is 0 Å². The van der Waals surface area contributed by atoms with Crippen molar-refractivity contribution in [1.82, 2.24) is 9.80 Å². The van der Waals surface area contributed by atoms with Gasteiger partial charge in [0.1, 0.15) is 47.8 Å². The zero-order valence-corrected chi connectivity index (χ0v) is 66.8. The number of hydrogen-bond donors (Lipinski definition) is 12. The maximum atomic E-state index is 14.1. The van der Waals surface area contributed by atoms with Gasteiger partial charge in [-0.2, -0.15) is 0 Å². The number of aliphatic hydroxyl groups is 10. The first kappa shape index (κ1) is 91.6. The van der Waals surface area contributed by atoms with Crippen LogP contribution in [-0.2, 0) is 66.4 Å². The molecule has 0 aliphatic carbocycles. The molecule has 0 aromatic carbocycles. The van der Waals surface area contributed by atoms with Crippen molar-refractivity contribution in [2.24, 2.45) is 57.7 Å². The quantitative estimate of drug-likeness (QED) is 0.0662. The zero-order valence-electron chi connectivity index (χ0n) is 66.8. The number of esters is 2. The summed E-state index contributed by atoms with van der Waals surface area (Å²) in [6, 6.07) is -0.645. The molecular formula is C74H136N4O26. The molecule has 6 fully saturated rings. The lowest BCUT2D eigenvalue weighted by Crippen LogP contribution is -2.61. The molecule has 6 saturated heterocycles. The van der Waals surface area contributed by atoms with E-state index in [9.17, 15) is 71.1 Å². The Labute approximate surface area is 617 Å². The highest BCUT2D eigenvalue weighted by Gasteiger charge is 2.57. The SMILES string of the molecule is CC[C@H]1OC(=O)[C@H](C)[C@@H](OC2CC(C)(OC)C(O)C(C)O2)[C@H](C)[C@@H](OC2OC(C)CC(N(C)C)C2O)[C@](C)(O)C[C@@H](C)/C(=N/O)[C@H](C)[C@@H](O)[C@]1(C)O.CC[C@H]1OC(=O)[C@H](C)[C@@H](OC2CC(C)(OC)C(O)C(C)O2)[C@H](C)[C@@H](OC2OC(C)CC(N(C)C)C2O)[C@](C)(O)C[C@@H](C)/C(=N\O)[C@H](C)[C@@H](O)[C@]1(C)O. The van der Waals surface area contributed by atoms with E-state index in [1.807, 2.05) is 51.8 Å². The van der Waals surface area contributed by atoms with Gasteiger partial charge in [-0.3, -0.25) is 9.59 Å². The number of likely N-dealkylation sites (N-methyl/N-ethyl adjacent to an activating group) is 2. The molecule has 0 aromatic rings. The molecular weight excluding hydrogens is 1360 g/mol. The molecule has 0 amide bonds. The molecule has 16 unspecified atom stereocenters. The molecule has 6 aliphatic heterocycles. The summed E-state index contributed by atoms with van der Waals surface area (Å²) >= 11 is 0. The van der Waals surface area contributed by atoms with Gasteiger partial charge in [0, 0.05) is 74.7 Å². The number of oxime groups is 2. The van der Waals surface area contributed by atoms with Gasteiger partial charge in [0.15, 0.2) is 25.2 Å². The first-order valence-corrected chi connectivity index (χ1v) is 37.4. The van der Waals surface area contributed by atoms with Crippen LogP contribution < -0.4 is 0 Å². The van der Waals surface area contributed by atoms with Gasteiger partial charge in [-0.15, -0.1) is 0 Å². The van der Waals surface area contributed by atoms with Crippen molar-refractivity contribution >= 4 is 23.4 Å². The number of carbonyl (C=O) groups is 2. The predicted molar refractivity (Wildman–Crippen MR) is 381 cm³/mol. The smallest absolute Gasteiger partial charge is 0.311 e. The van der Waals surface area contributed by atoms with E-state index in [1.165, 1.54) is 28.1 Å². The summed E-state index contributed by atoms with van der Waals surface area (Å²) in [5, 5.41) is 144. The fourth-order valence-corrected chi connectivity index (χ4v) is 17.2. The molecule has 0 spiro atoms. The van der Waals surface area contributed by atoms with Gasteiger partial charge in [-0.05, 0) is 150 Å². The molecule has 30 nitrogen and oxygen atoms in total. The van der Waals surface area contributed by atoms with Crippen LogP contribution in [0.4, 0.5) is 0 Å². The van der Waals surface area contributed by atoms with Gasteiger partial charge >= 0.3 is 11.9 Å². The minimum Gasteiger partial charge on any atom is -0.459 e. The summed E-state index contributed by atoms with van der Waals surface area (Å²) in [6.45, 7) is 33.2. The third-order valence-electron chi connectivity index (χ3n) is 23.9. The van der Waals surface area contributed by atoms with Crippen LogP contribution in [0.2, 0.25) is 0 Å². The second-order valence-electron chi connectivity index (χ2n) is 33.2. The van der Waals surface area contributed by atoms with Crippen molar-refractivity contribution in [3.8, 4) is 0 Å². The van der Waals surface area contributed by atoms with Gasteiger partial charge in [0.2, 0.25) is 0 Å². The van der Waals surface area contributed by atoms with Crippen LogP contribution in [0, 0.1) is 47.3 Å². The van der Waals surface area contributed by atoms with E-state index in [0.29, 0.717) is 12.8 Å². The molecule has 0 saturated carbocycles. The Hall–Kier alpha value is -3.00. The lowest BCUT2D eigenvalue weighted by molar-refractivity contribution is -0.318. The number of hydrogen-bond acceptors (Lipinski definition) is 30. The Morgan fingerprint density at radius 1 is 0.462 bits per heavy atom. The van der Waals surface area contributed by atoms with Gasteiger partial charge < -0.3 is 128 Å². The second kappa shape index (κ2) is 36.9. The van der Waals surface area contributed by atoms with Gasteiger partial charge in [-0.25, -0.2) is 0 Å². The molecule has 36 atom stereocenters. The summed E-state index contributed by atoms with van der Waals surface area (Å²) in [5.74, 6) is -8.48. The molecule has 104 heavy (non-hydrogen) atoms. The van der Waals surface area contributed by atoms with Crippen molar-refractivity contribution in [2.75, 3.05) is 42.4 Å². The molecule has 0 radical (unpaired) electrons. The Morgan fingerprint density at radius 2 is 0.769 bits per heavy atom. The van der Waals surface area contributed by atoms with Crippen molar-refractivity contribution < 1.29 is 128 Å². The number of methoxy groups -OCH3 is 2. The van der Waals surface area contributed by atoms with Crippen LogP contribution in [0.25, 0.3) is 0 Å². The minimum atomic E-state index is -1.97. The Morgan fingerprint density at radius 3 is 1.04 bits per heavy atom. The number of carbonyl (C=O) groups excluding carboxylic acids is 2. The highest BCUT2D eigenvalue weighted by Crippen LogP contribution is 2.45. The Balaban J connectivity index is 0.000000374. The number of cyclic esters (lactones) is 2. The fourth-order valence-electron chi connectivity index (χ4n) is 17.2. The average molecular weight is 1500 g/mol. The van der Waals surface area contributed by atoms with Crippen LogP contribution >= 0.6 is 0 Å². The highest BCUT2D eigenvalue weighted by atomic mass is 16.7. The molecule has 6 aliphatic rings. The maximum absolute atomic E-state index is 14.1. The second-order valence-corrected chi connectivity index (χ2v) is 33.2. The molecule has 0 bridgehead atoms. The summed E-state index contributed by atoms with van der Waals surface area (Å²) in [4.78, 5) is 32.0. The molecule has 608 valence electrons. The zero-order chi connectivity index (χ0) is 79.3. The Bertz CT molecular complexity index is 2580. The van der Waals surface area contributed by atoms with E-state index >= 15 is 0 Å². The molecule has 12 N–H and O–H groups in total. The molecule has 6 rings (SSSR count). The van der Waals surface area contributed by atoms with E-state index in [1.54, 1.807) is 111 Å². The van der Waals surface area contributed by atoms with E-state index in [-0.39, 0.29) is 74.2 Å². The highest BCUT2D eigenvalue weighted by molar-refractivity contribution is 5.89. The predicted octanol–water partition coefficient (Wildman–Crippen LogP) is 4.09. The third-order valence-corrected chi connectivity index (χ3v) is 23.9. The number of ether oxygens (including phenoxy) is 12. The standard InChI is InChI=1S/2C37H68N2O13/c2*1-14-25-37(10,45)30(41)20(4)27(38-46)18(2)16-35(8,44)32(52-34-28(40)24(39(11)12)15-19(3)48-34)21(5)29(22(6)33(43)50-25)51-26-17-36(9,47-13)31(42)23(7)49-26/h2*18-26,28-32,34,40-42,44-46H,14-17H2,1-13H3/b38-27+;38-27-/t2*18-,19?,20+,21+,22-,23?,24?,25-,26?,28?,29+,30-,31?,32-,34?,35-,36?,37-/m11/s1. The van der Waals surface area contributed by atoms with E-state index in [4.69, 9.17) is 56.8 Å². The summed E-state index contributed by atoms with van der Waals surface area (Å²) < 4.78 is 74.4. The molecule has 30 heteroatoms. The number of aliphatic hydroxyl groups excluding tert-OH is 6. The van der Waals surface area contributed by atoms with Crippen LogP contribution in [-0.4, -0.2) is 306 Å². The number of rotatable bonds is 14. The number of nitrogens with zero attached hydrogens (tertiary/aromatic N) is 4. The monoisotopic (exact) mass is 1500 g/mol. The van der Waals surface area contributed by atoms with Crippen molar-refractivity contribution in [3.05, 3.63) is 0 Å². The molecule has 0 aromatic heterocycles. The lowest BCUT2D eigenvalue weighted by Gasteiger charge is -2.49. The van der Waals surface area contributed by atoms with Crippen LogP contribution in [0.1, 0.15) is 190 Å². The summed E-state index contributed by atoms with van der Waals surface area (Å²) in [6.07, 6.45) is -19.0. The minimum absolute atomic E-state index is 0.0657. The largest absolute Gasteiger partial charge is 0.459 e. The molecule has 6 heterocycles. The van der Waals surface area contributed by atoms with Crippen molar-refractivity contribution in [3.63, 3.8) is 0 Å². The first-order valence-electron chi connectivity index (χ1n) is 37.4. The lowest BCUT2D eigenvalue weighted by atomic mass is 9.73. The first-order chi connectivity index (χ1) is 47.9. The van der Waals surface area contributed by atoms with Gasteiger partial charge in [0.05, 0.1) is 107 Å². The van der Waals surface area contributed by atoms with Crippen molar-refractivity contribution in [2.45, 2.75) is 358 Å². The normalized spacial score (nSPS) is 49.8. The third kappa shape index (κ3) is 20.6. The fraction of sp³-hybridized carbons (Fsp3) is 0.946. The van der Waals surface area contributed by atoms with E-state index in [0.717, 1.165) is 0 Å². The average Bonchev–Trinajstić information content (AvgIpc) is 0.702. The van der Waals surface area contributed by atoms with Gasteiger partial charge in [-0.1, -0.05) is 65.7 Å².